The molecule has 8 heteroatoms. The van der Waals surface area contributed by atoms with Gasteiger partial charge >= 0.3 is 6.09 Å². The van der Waals surface area contributed by atoms with Crippen LogP contribution in [0.1, 0.15) is 0 Å². The maximum absolute atomic E-state index is 12.4. The lowest BCUT2D eigenvalue weighted by Gasteiger charge is -2.33. The van der Waals surface area contributed by atoms with Gasteiger partial charge in [-0.05, 0) is 24.3 Å². The Morgan fingerprint density at radius 3 is 2.20 bits per heavy atom. The number of hydrogen-bond acceptors (Lipinski definition) is 4. The summed E-state index contributed by atoms with van der Waals surface area (Å²) < 4.78 is 30.8. The Bertz CT molecular complexity index is 580. The minimum absolute atomic E-state index is 0.202. The molecular formula is C12H15ClN2O4S. The molecule has 0 N–H and O–H groups in total. The van der Waals surface area contributed by atoms with Gasteiger partial charge in [-0.2, -0.15) is 4.31 Å². The van der Waals surface area contributed by atoms with E-state index in [1.165, 1.54) is 28.4 Å². The van der Waals surface area contributed by atoms with Crippen LogP contribution in [0.2, 0.25) is 5.02 Å². The van der Waals surface area contributed by atoms with Crippen molar-refractivity contribution in [1.29, 1.82) is 0 Å². The maximum Gasteiger partial charge on any atom is 0.409 e. The van der Waals surface area contributed by atoms with E-state index in [4.69, 9.17) is 11.6 Å². The van der Waals surface area contributed by atoms with E-state index in [1.54, 1.807) is 12.1 Å². The summed E-state index contributed by atoms with van der Waals surface area (Å²) in [6.45, 7) is 1.14. The minimum atomic E-state index is -3.54. The third kappa shape index (κ3) is 3.05. The van der Waals surface area contributed by atoms with E-state index in [0.717, 1.165) is 0 Å². The van der Waals surface area contributed by atoms with Gasteiger partial charge in [0, 0.05) is 31.2 Å². The summed E-state index contributed by atoms with van der Waals surface area (Å²) in [5.41, 5.74) is 0. The van der Waals surface area contributed by atoms with Crippen LogP contribution in [0.3, 0.4) is 0 Å². The molecule has 0 bridgehead atoms. The lowest BCUT2D eigenvalue weighted by molar-refractivity contribution is 0.108. The number of piperazine rings is 1. The van der Waals surface area contributed by atoms with Gasteiger partial charge in [0.25, 0.3) is 0 Å². The molecule has 1 aromatic carbocycles. The number of carbonyl (C=O) groups is 1. The average molecular weight is 319 g/mol. The van der Waals surface area contributed by atoms with Gasteiger partial charge in [-0.3, -0.25) is 0 Å². The van der Waals surface area contributed by atoms with Gasteiger partial charge in [0.1, 0.15) is 0 Å². The Morgan fingerprint density at radius 1 is 1.15 bits per heavy atom. The number of ether oxygens (including phenoxy) is 1. The molecule has 0 atom stereocenters. The molecule has 20 heavy (non-hydrogen) atoms. The highest BCUT2D eigenvalue weighted by atomic mass is 35.5. The summed E-state index contributed by atoms with van der Waals surface area (Å²) in [6.07, 6.45) is -0.437. The lowest BCUT2D eigenvalue weighted by Crippen LogP contribution is -2.50. The molecule has 0 aliphatic carbocycles. The molecule has 0 radical (unpaired) electrons. The van der Waals surface area contributed by atoms with Gasteiger partial charge in [0.05, 0.1) is 12.0 Å². The molecule has 6 nitrogen and oxygen atoms in total. The third-order valence-electron chi connectivity index (χ3n) is 3.12. The van der Waals surface area contributed by atoms with Gasteiger partial charge in [-0.25, -0.2) is 13.2 Å². The van der Waals surface area contributed by atoms with Crippen LogP contribution in [0.15, 0.2) is 29.2 Å². The maximum atomic E-state index is 12.4. The molecule has 1 amide bonds. The molecule has 0 aromatic heterocycles. The molecule has 2 rings (SSSR count). The second kappa shape index (κ2) is 5.99. The van der Waals surface area contributed by atoms with Crippen molar-refractivity contribution in [2.75, 3.05) is 33.3 Å². The molecule has 1 aliphatic heterocycles. The standard InChI is InChI=1S/C12H15ClN2O4S/c1-19-12(16)14-6-8-15(9-7-14)20(17,18)11-4-2-10(13)3-5-11/h2-5H,6-9H2,1H3. The fourth-order valence-electron chi connectivity index (χ4n) is 2.00. The fraction of sp³-hybridized carbons (Fsp3) is 0.417. The largest absolute Gasteiger partial charge is 0.453 e. The van der Waals surface area contributed by atoms with Crippen LogP contribution in [0.25, 0.3) is 0 Å². The van der Waals surface area contributed by atoms with Gasteiger partial charge in [-0.15, -0.1) is 0 Å². The fourth-order valence-corrected chi connectivity index (χ4v) is 3.54. The Hall–Kier alpha value is -1.31. The van der Waals surface area contributed by atoms with E-state index in [2.05, 4.69) is 4.74 Å². The molecule has 110 valence electrons. The number of sulfonamides is 1. The zero-order valence-corrected chi connectivity index (χ0v) is 12.5. The first-order chi connectivity index (χ1) is 9.45. The SMILES string of the molecule is COC(=O)N1CCN(S(=O)(=O)c2ccc(Cl)cc2)CC1. The van der Waals surface area contributed by atoms with E-state index in [1.807, 2.05) is 0 Å². The number of amides is 1. The second-order valence-corrected chi connectivity index (χ2v) is 6.69. The van der Waals surface area contributed by atoms with E-state index in [9.17, 15) is 13.2 Å². The normalized spacial score (nSPS) is 17.0. The van der Waals surface area contributed by atoms with E-state index in [-0.39, 0.29) is 18.0 Å². The Morgan fingerprint density at radius 2 is 1.70 bits per heavy atom. The van der Waals surface area contributed by atoms with Crippen molar-refractivity contribution < 1.29 is 17.9 Å². The third-order valence-corrected chi connectivity index (χ3v) is 5.29. The quantitative estimate of drug-likeness (QED) is 0.827. The first-order valence-corrected chi connectivity index (χ1v) is 7.85. The molecule has 1 fully saturated rings. The number of methoxy groups -OCH3 is 1. The van der Waals surface area contributed by atoms with Crippen molar-refractivity contribution in [2.45, 2.75) is 4.90 Å². The van der Waals surface area contributed by atoms with Crippen molar-refractivity contribution in [3.05, 3.63) is 29.3 Å². The van der Waals surface area contributed by atoms with Crippen LogP contribution >= 0.6 is 11.6 Å². The Kier molecular flexibility index (Phi) is 4.52. The monoisotopic (exact) mass is 318 g/mol. The van der Waals surface area contributed by atoms with Gasteiger partial charge in [0.15, 0.2) is 0 Å². The van der Waals surface area contributed by atoms with Crippen molar-refractivity contribution in [2.24, 2.45) is 0 Å². The highest BCUT2D eigenvalue weighted by Gasteiger charge is 2.30. The molecule has 0 spiro atoms. The highest BCUT2D eigenvalue weighted by Crippen LogP contribution is 2.19. The van der Waals surface area contributed by atoms with Gasteiger partial charge in [0.2, 0.25) is 10.0 Å². The number of benzene rings is 1. The number of halogens is 1. The Balaban J connectivity index is 2.09. The van der Waals surface area contributed by atoms with Crippen LogP contribution in [-0.2, 0) is 14.8 Å². The smallest absolute Gasteiger partial charge is 0.409 e. The molecule has 1 aromatic rings. The summed E-state index contributed by atoms with van der Waals surface area (Å²) in [7, 11) is -2.23. The van der Waals surface area contributed by atoms with E-state index >= 15 is 0 Å². The van der Waals surface area contributed by atoms with Crippen molar-refractivity contribution in [3.63, 3.8) is 0 Å². The first-order valence-electron chi connectivity index (χ1n) is 6.04. The van der Waals surface area contributed by atoms with Crippen LogP contribution in [-0.4, -0.2) is 57.0 Å². The second-order valence-electron chi connectivity index (χ2n) is 4.32. The minimum Gasteiger partial charge on any atom is -0.453 e. The highest BCUT2D eigenvalue weighted by molar-refractivity contribution is 7.89. The van der Waals surface area contributed by atoms with E-state index < -0.39 is 16.1 Å². The average Bonchev–Trinajstić information content (AvgIpc) is 2.47. The summed E-state index contributed by atoms with van der Waals surface area (Å²) in [6, 6.07) is 6.03. The van der Waals surface area contributed by atoms with Crippen LogP contribution in [0.4, 0.5) is 4.79 Å². The summed E-state index contributed by atoms with van der Waals surface area (Å²) in [5, 5.41) is 0.486. The van der Waals surface area contributed by atoms with Crippen molar-refractivity contribution >= 4 is 27.7 Å². The predicted molar refractivity (Wildman–Crippen MR) is 74.2 cm³/mol. The van der Waals surface area contributed by atoms with Crippen LogP contribution < -0.4 is 0 Å². The summed E-state index contributed by atoms with van der Waals surface area (Å²) >= 11 is 5.75. The number of hydrogen-bond donors (Lipinski definition) is 0. The topological polar surface area (TPSA) is 66.9 Å². The van der Waals surface area contributed by atoms with Crippen LogP contribution in [0.5, 0.6) is 0 Å². The molecule has 1 saturated heterocycles. The Labute approximate surface area is 122 Å². The van der Waals surface area contributed by atoms with Crippen molar-refractivity contribution in [1.82, 2.24) is 9.21 Å². The zero-order valence-electron chi connectivity index (χ0n) is 11.0. The van der Waals surface area contributed by atoms with Crippen molar-refractivity contribution in [3.8, 4) is 0 Å². The lowest BCUT2D eigenvalue weighted by atomic mass is 10.4. The predicted octanol–water partition coefficient (Wildman–Crippen LogP) is 1.41. The molecular weight excluding hydrogens is 304 g/mol. The number of carbonyl (C=O) groups excluding carboxylic acids is 1. The number of nitrogens with zero attached hydrogens (tertiary/aromatic N) is 2. The zero-order chi connectivity index (χ0) is 14.8. The molecule has 0 unspecified atom stereocenters. The van der Waals surface area contributed by atoms with E-state index in [0.29, 0.717) is 18.1 Å². The van der Waals surface area contributed by atoms with Gasteiger partial charge < -0.3 is 9.64 Å². The number of rotatable bonds is 2. The molecule has 1 heterocycles. The first kappa shape index (κ1) is 15.1. The summed E-state index contributed by atoms with van der Waals surface area (Å²) in [5.74, 6) is 0. The summed E-state index contributed by atoms with van der Waals surface area (Å²) in [4.78, 5) is 13.0. The molecule has 0 saturated carbocycles. The molecule has 1 aliphatic rings. The van der Waals surface area contributed by atoms with Gasteiger partial charge in [-0.1, -0.05) is 11.6 Å². The van der Waals surface area contributed by atoms with Crippen LogP contribution in [0, 0.1) is 0 Å².